The van der Waals surface area contributed by atoms with E-state index in [1.807, 2.05) is 19.1 Å². The number of hydrogen-bond acceptors (Lipinski definition) is 4. The average molecular weight is 516 g/mol. The summed E-state index contributed by atoms with van der Waals surface area (Å²) in [5.41, 5.74) is 0.511. The van der Waals surface area contributed by atoms with Crippen molar-refractivity contribution in [2.75, 3.05) is 0 Å². The molecule has 3 rings (SSSR count). The van der Waals surface area contributed by atoms with Crippen molar-refractivity contribution < 1.29 is 32.5 Å². The van der Waals surface area contributed by atoms with Crippen molar-refractivity contribution in [3.05, 3.63) is 77.5 Å². The minimum atomic E-state index is -4.39. The summed E-state index contributed by atoms with van der Waals surface area (Å²) in [7, 11) is 0. The fourth-order valence-electron chi connectivity index (χ4n) is 3.76. The molecule has 0 radical (unpaired) electrons. The van der Waals surface area contributed by atoms with E-state index in [0.29, 0.717) is 41.3 Å². The number of benzene rings is 2. The number of carboxylic acids is 1. The smallest absolute Gasteiger partial charge is 0.416 e. The summed E-state index contributed by atoms with van der Waals surface area (Å²) in [5, 5.41) is 9.51. The molecule has 2 atom stereocenters. The van der Waals surface area contributed by atoms with Crippen LogP contribution in [0.25, 0.3) is 11.3 Å². The Morgan fingerprint density at radius 3 is 2.32 bits per heavy atom. The maximum Gasteiger partial charge on any atom is 0.416 e. The second-order valence-corrected chi connectivity index (χ2v) is 9.19. The van der Waals surface area contributed by atoms with Crippen molar-refractivity contribution >= 4 is 5.97 Å². The number of carbonyl (C=O) groups is 1. The molecular weight excluding hydrogens is 483 g/mol. The number of nitrogens with zero attached hydrogens (tertiary/aromatic N) is 1. The van der Waals surface area contributed by atoms with Gasteiger partial charge in [0.15, 0.2) is 0 Å². The van der Waals surface area contributed by atoms with Crippen molar-refractivity contribution in [3.8, 4) is 22.8 Å². The molecule has 0 amide bonds. The number of rotatable bonds is 11. The van der Waals surface area contributed by atoms with Gasteiger partial charge in [-0.15, -0.1) is 0 Å². The van der Waals surface area contributed by atoms with Crippen LogP contribution in [0.15, 0.2) is 60.7 Å². The van der Waals surface area contributed by atoms with E-state index >= 15 is 0 Å². The third kappa shape index (κ3) is 7.02. The van der Waals surface area contributed by atoms with Crippen molar-refractivity contribution in [1.29, 1.82) is 0 Å². The van der Waals surface area contributed by atoms with Gasteiger partial charge in [-0.25, -0.2) is 9.78 Å². The van der Waals surface area contributed by atoms with E-state index in [0.717, 1.165) is 30.5 Å². The fraction of sp³-hybridized carbons (Fsp3) is 0.379. The first-order valence-electron chi connectivity index (χ1n) is 12.3. The Bertz CT molecular complexity index is 1210. The Balaban J connectivity index is 1.85. The second-order valence-electron chi connectivity index (χ2n) is 9.19. The Morgan fingerprint density at radius 2 is 1.76 bits per heavy atom. The van der Waals surface area contributed by atoms with Crippen LogP contribution in [0.3, 0.4) is 0 Å². The van der Waals surface area contributed by atoms with Gasteiger partial charge >= 0.3 is 12.1 Å². The maximum absolute atomic E-state index is 12.9. The van der Waals surface area contributed by atoms with Gasteiger partial charge in [-0.2, -0.15) is 13.2 Å². The third-order valence-electron chi connectivity index (χ3n) is 6.32. The van der Waals surface area contributed by atoms with Gasteiger partial charge in [-0.3, -0.25) is 0 Å². The molecular formula is C29H32F3NO4. The first-order chi connectivity index (χ1) is 17.5. The van der Waals surface area contributed by atoms with E-state index in [1.54, 1.807) is 31.2 Å². The van der Waals surface area contributed by atoms with Crippen LogP contribution in [-0.2, 0) is 11.0 Å². The van der Waals surface area contributed by atoms with Gasteiger partial charge in [0.2, 0.25) is 5.60 Å². The highest BCUT2D eigenvalue weighted by Gasteiger charge is 2.34. The van der Waals surface area contributed by atoms with Gasteiger partial charge in [0, 0.05) is 5.56 Å². The highest BCUT2D eigenvalue weighted by molar-refractivity contribution is 5.77. The van der Waals surface area contributed by atoms with Crippen LogP contribution in [0.5, 0.6) is 11.5 Å². The van der Waals surface area contributed by atoms with Gasteiger partial charge in [0.25, 0.3) is 0 Å². The van der Waals surface area contributed by atoms with Gasteiger partial charge in [-0.1, -0.05) is 38.5 Å². The number of alkyl halides is 3. The van der Waals surface area contributed by atoms with Gasteiger partial charge < -0.3 is 14.6 Å². The molecule has 198 valence electrons. The molecule has 0 aliphatic carbocycles. The summed E-state index contributed by atoms with van der Waals surface area (Å²) in [5.74, 6) is 0.0150. The fourth-order valence-corrected chi connectivity index (χ4v) is 3.76. The summed E-state index contributed by atoms with van der Waals surface area (Å²) >= 11 is 0. The maximum atomic E-state index is 12.9. The number of halogens is 3. The summed E-state index contributed by atoms with van der Waals surface area (Å²) < 4.78 is 50.9. The molecule has 0 aliphatic rings. The second kappa shape index (κ2) is 11.7. The van der Waals surface area contributed by atoms with E-state index in [1.165, 1.54) is 19.1 Å². The SMILES string of the molecule is CCCCC(Oc1ccc(OC(C)(CC)C(=O)O)c(C)c1)c1cccc(-c2ccc(C(F)(F)F)cc2)n1. The molecule has 37 heavy (non-hydrogen) atoms. The van der Waals surface area contributed by atoms with Gasteiger partial charge in [-0.05, 0) is 81.1 Å². The summed E-state index contributed by atoms with van der Waals surface area (Å²) in [6.45, 7) is 7.19. The number of carboxylic acid groups (broad SMARTS) is 1. The molecule has 2 unspecified atom stereocenters. The molecule has 3 aromatic rings. The number of ether oxygens (including phenoxy) is 2. The molecule has 0 fully saturated rings. The standard InChI is InChI=1S/C29H32F3NO4/c1-5-7-11-26(36-22-16-17-25(19(3)18-22)37-28(4,6-2)27(34)35)24-10-8-9-23(33-24)20-12-14-21(15-13-20)29(30,31)32/h8-10,12-18,26H,5-7,11H2,1-4H3,(H,34,35). The molecule has 1 N–H and O–H groups in total. The minimum Gasteiger partial charge on any atom is -0.484 e. The van der Waals surface area contributed by atoms with Crippen molar-refractivity contribution in [2.45, 2.75) is 71.3 Å². The van der Waals surface area contributed by atoms with Crippen LogP contribution in [-0.4, -0.2) is 21.7 Å². The van der Waals surface area contributed by atoms with E-state index in [9.17, 15) is 23.1 Å². The number of aromatic nitrogens is 1. The Morgan fingerprint density at radius 1 is 1.05 bits per heavy atom. The van der Waals surface area contributed by atoms with Crippen LogP contribution < -0.4 is 9.47 Å². The molecule has 0 saturated carbocycles. The lowest BCUT2D eigenvalue weighted by Gasteiger charge is -2.26. The lowest BCUT2D eigenvalue weighted by Crippen LogP contribution is -2.40. The lowest BCUT2D eigenvalue weighted by atomic mass is 10.0. The zero-order valence-corrected chi connectivity index (χ0v) is 21.4. The largest absolute Gasteiger partial charge is 0.484 e. The quantitative estimate of drug-likeness (QED) is 0.280. The summed E-state index contributed by atoms with van der Waals surface area (Å²) in [6, 6.07) is 15.6. The Hall–Kier alpha value is -3.55. The molecule has 1 aromatic heterocycles. The Kier molecular flexibility index (Phi) is 8.84. The third-order valence-corrected chi connectivity index (χ3v) is 6.32. The predicted octanol–water partition coefficient (Wildman–Crippen LogP) is 8.02. The van der Waals surface area contributed by atoms with Crippen LogP contribution in [0.1, 0.15) is 69.4 Å². The van der Waals surface area contributed by atoms with Crippen molar-refractivity contribution in [1.82, 2.24) is 4.98 Å². The molecule has 2 aromatic carbocycles. The van der Waals surface area contributed by atoms with E-state index < -0.39 is 23.3 Å². The molecule has 0 bridgehead atoms. The lowest BCUT2D eigenvalue weighted by molar-refractivity contribution is -0.154. The molecule has 5 nitrogen and oxygen atoms in total. The number of pyridine rings is 1. The monoisotopic (exact) mass is 515 g/mol. The first-order valence-corrected chi connectivity index (χ1v) is 12.3. The van der Waals surface area contributed by atoms with Crippen LogP contribution in [0.2, 0.25) is 0 Å². The van der Waals surface area contributed by atoms with Crippen LogP contribution in [0.4, 0.5) is 13.2 Å². The number of aliphatic carboxylic acids is 1. The molecule has 0 spiro atoms. The van der Waals surface area contributed by atoms with E-state index in [2.05, 4.69) is 6.92 Å². The van der Waals surface area contributed by atoms with Gasteiger partial charge in [0.05, 0.1) is 17.0 Å². The first kappa shape index (κ1) is 28.0. The predicted molar refractivity (Wildman–Crippen MR) is 136 cm³/mol. The van der Waals surface area contributed by atoms with Crippen molar-refractivity contribution in [3.63, 3.8) is 0 Å². The average Bonchev–Trinajstić information content (AvgIpc) is 2.87. The van der Waals surface area contributed by atoms with E-state index in [4.69, 9.17) is 14.5 Å². The normalized spacial score (nSPS) is 14.0. The molecule has 1 heterocycles. The van der Waals surface area contributed by atoms with Gasteiger partial charge in [0.1, 0.15) is 17.6 Å². The summed E-state index contributed by atoms with van der Waals surface area (Å²) in [4.78, 5) is 16.3. The van der Waals surface area contributed by atoms with Crippen LogP contribution in [0, 0.1) is 6.92 Å². The number of hydrogen-bond donors (Lipinski definition) is 1. The summed E-state index contributed by atoms with van der Waals surface area (Å²) in [6.07, 6.45) is -1.92. The highest BCUT2D eigenvalue weighted by Crippen LogP contribution is 2.33. The zero-order chi connectivity index (χ0) is 27.2. The zero-order valence-electron chi connectivity index (χ0n) is 21.4. The number of aryl methyl sites for hydroxylation is 1. The minimum absolute atomic E-state index is 0.306. The highest BCUT2D eigenvalue weighted by atomic mass is 19.4. The van der Waals surface area contributed by atoms with E-state index in [-0.39, 0.29) is 6.10 Å². The molecule has 0 aliphatic heterocycles. The Labute approximate surface area is 215 Å². The van der Waals surface area contributed by atoms with Crippen LogP contribution >= 0.6 is 0 Å². The van der Waals surface area contributed by atoms with Crippen molar-refractivity contribution in [2.24, 2.45) is 0 Å². The molecule has 8 heteroatoms. The number of unbranched alkanes of at least 4 members (excludes halogenated alkanes) is 1. The topological polar surface area (TPSA) is 68.7 Å². The molecule has 0 saturated heterocycles.